The van der Waals surface area contributed by atoms with E-state index in [0.29, 0.717) is 35.5 Å². The molecule has 2 saturated carbocycles. The molecule has 0 amide bonds. The molecule has 2 aliphatic rings. The van der Waals surface area contributed by atoms with Crippen LogP contribution in [0.15, 0.2) is 36.5 Å². The summed E-state index contributed by atoms with van der Waals surface area (Å²) in [6.07, 6.45) is 8.88. The Morgan fingerprint density at radius 2 is 2.00 bits per heavy atom. The molecule has 0 spiro atoms. The first-order valence-electron chi connectivity index (χ1n) is 11.6. The minimum absolute atomic E-state index is 0.356. The van der Waals surface area contributed by atoms with Gasteiger partial charge >= 0.3 is 0 Å². The maximum Gasteiger partial charge on any atom is 0.199 e. The van der Waals surface area contributed by atoms with Crippen LogP contribution in [0, 0.1) is 23.2 Å². The van der Waals surface area contributed by atoms with Crippen LogP contribution < -0.4 is 19.9 Å². The van der Waals surface area contributed by atoms with Crippen LogP contribution in [-0.4, -0.2) is 35.8 Å². The van der Waals surface area contributed by atoms with Crippen molar-refractivity contribution in [1.29, 1.82) is 5.26 Å². The van der Waals surface area contributed by atoms with Gasteiger partial charge in [0.05, 0.1) is 31.6 Å². The monoisotopic (exact) mass is 446 g/mol. The number of nitriles is 1. The zero-order valence-electron chi connectivity index (χ0n) is 19.2. The van der Waals surface area contributed by atoms with Gasteiger partial charge in [0.25, 0.3) is 0 Å². The van der Waals surface area contributed by atoms with E-state index in [0.717, 1.165) is 42.1 Å². The number of aromatic nitrogens is 2. The maximum atomic E-state index is 9.86. The van der Waals surface area contributed by atoms with E-state index in [1.54, 1.807) is 20.4 Å². The summed E-state index contributed by atoms with van der Waals surface area (Å²) in [6.45, 7) is 0.391. The highest BCUT2D eigenvalue weighted by Gasteiger charge is 2.42. The molecule has 172 valence electrons. The van der Waals surface area contributed by atoms with Gasteiger partial charge < -0.3 is 19.9 Å². The molecule has 2 aromatic heterocycles. The highest BCUT2D eigenvalue weighted by atomic mass is 16.5. The highest BCUT2D eigenvalue weighted by molar-refractivity contribution is 5.71. The standard InChI is InChI=1S/C26H30N4O3/c1-31-22-12-18(21-15-29-24-6-3-7-25(32-2)30(21)24)13-23(20(22)14-27)33-16-26(28)10-4-5-19(26)11-17-8-9-17/h3,6-7,12-13,15,17,19H,4-5,8-11,16,28H2,1-2H3/t19-,26-/m0/s1. The van der Waals surface area contributed by atoms with Gasteiger partial charge in [-0.05, 0) is 55.4 Å². The van der Waals surface area contributed by atoms with Crippen molar-refractivity contribution in [1.82, 2.24) is 9.38 Å². The smallest absolute Gasteiger partial charge is 0.199 e. The van der Waals surface area contributed by atoms with E-state index in [1.165, 1.54) is 19.3 Å². The molecular weight excluding hydrogens is 416 g/mol. The number of nitrogens with zero attached hydrogens (tertiary/aromatic N) is 3. The second kappa shape index (κ2) is 8.60. The van der Waals surface area contributed by atoms with Gasteiger partial charge in [0, 0.05) is 5.56 Å². The first kappa shape index (κ1) is 21.6. The molecule has 0 unspecified atom stereocenters. The molecule has 0 bridgehead atoms. The highest BCUT2D eigenvalue weighted by Crippen LogP contribution is 2.45. The average molecular weight is 447 g/mol. The van der Waals surface area contributed by atoms with Crippen molar-refractivity contribution in [3.63, 3.8) is 0 Å². The SMILES string of the molecule is COc1cc(-c2cnc3cccc(OC)n23)cc(OC[C@@]2(N)CCC[C@H]2CC2CC2)c1C#N. The molecule has 2 N–H and O–H groups in total. The van der Waals surface area contributed by atoms with Crippen molar-refractivity contribution in [3.8, 4) is 34.7 Å². The van der Waals surface area contributed by atoms with Crippen LogP contribution in [0.5, 0.6) is 17.4 Å². The number of hydrogen-bond donors (Lipinski definition) is 1. The van der Waals surface area contributed by atoms with Crippen molar-refractivity contribution in [2.75, 3.05) is 20.8 Å². The first-order chi connectivity index (χ1) is 16.1. The van der Waals surface area contributed by atoms with Crippen molar-refractivity contribution in [3.05, 3.63) is 42.1 Å². The summed E-state index contributed by atoms with van der Waals surface area (Å²) in [7, 11) is 3.19. The Bertz CT molecular complexity index is 1210. The lowest BCUT2D eigenvalue weighted by Crippen LogP contribution is -2.49. The molecule has 3 aromatic rings. The Morgan fingerprint density at radius 1 is 1.18 bits per heavy atom. The van der Waals surface area contributed by atoms with Gasteiger partial charge in [0.2, 0.25) is 0 Å². The summed E-state index contributed by atoms with van der Waals surface area (Å²) >= 11 is 0. The molecule has 7 nitrogen and oxygen atoms in total. The van der Waals surface area contributed by atoms with Crippen molar-refractivity contribution >= 4 is 5.65 Å². The Balaban J connectivity index is 1.50. The zero-order chi connectivity index (χ0) is 23.0. The fourth-order valence-corrected chi connectivity index (χ4v) is 5.17. The lowest BCUT2D eigenvalue weighted by molar-refractivity contribution is 0.168. The molecule has 2 aliphatic carbocycles. The number of nitrogens with two attached hydrogens (primary N) is 1. The lowest BCUT2D eigenvalue weighted by atomic mass is 9.85. The third-order valence-corrected chi connectivity index (χ3v) is 7.22. The fourth-order valence-electron chi connectivity index (χ4n) is 5.17. The average Bonchev–Trinajstić information content (AvgIpc) is 3.43. The minimum Gasteiger partial charge on any atom is -0.495 e. The van der Waals surface area contributed by atoms with Gasteiger partial charge in [-0.25, -0.2) is 4.98 Å². The molecule has 5 rings (SSSR count). The van der Waals surface area contributed by atoms with Crippen LogP contribution in [0.2, 0.25) is 0 Å². The van der Waals surface area contributed by atoms with Crippen LogP contribution >= 0.6 is 0 Å². The maximum absolute atomic E-state index is 9.86. The van der Waals surface area contributed by atoms with Crippen LogP contribution in [0.25, 0.3) is 16.9 Å². The van der Waals surface area contributed by atoms with Crippen LogP contribution in [0.4, 0.5) is 0 Å². The molecule has 33 heavy (non-hydrogen) atoms. The van der Waals surface area contributed by atoms with Crippen molar-refractivity contribution < 1.29 is 14.2 Å². The molecule has 2 heterocycles. The molecule has 7 heteroatoms. The number of ether oxygens (including phenoxy) is 3. The van der Waals surface area contributed by atoms with Crippen LogP contribution in [0.3, 0.4) is 0 Å². The molecule has 0 saturated heterocycles. The molecule has 2 atom stereocenters. The summed E-state index contributed by atoms with van der Waals surface area (Å²) in [4.78, 5) is 4.51. The Kier molecular flexibility index (Phi) is 5.63. The quantitative estimate of drug-likeness (QED) is 0.545. The predicted molar refractivity (Wildman–Crippen MR) is 126 cm³/mol. The number of imidazole rings is 1. The van der Waals surface area contributed by atoms with E-state index in [1.807, 2.05) is 34.7 Å². The third kappa shape index (κ3) is 4.00. The van der Waals surface area contributed by atoms with Crippen LogP contribution in [0.1, 0.15) is 44.1 Å². The van der Waals surface area contributed by atoms with Gasteiger partial charge in [-0.15, -0.1) is 0 Å². The number of hydrogen-bond acceptors (Lipinski definition) is 6. The van der Waals surface area contributed by atoms with E-state index in [-0.39, 0.29) is 5.54 Å². The van der Waals surface area contributed by atoms with Crippen LogP contribution in [-0.2, 0) is 0 Å². The summed E-state index contributed by atoms with van der Waals surface area (Å²) in [5, 5.41) is 9.86. The number of methoxy groups -OCH3 is 2. The van der Waals surface area contributed by atoms with E-state index in [4.69, 9.17) is 19.9 Å². The van der Waals surface area contributed by atoms with Gasteiger partial charge in [-0.2, -0.15) is 5.26 Å². The molecular formula is C26H30N4O3. The summed E-state index contributed by atoms with van der Waals surface area (Å²) in [5.41, 5.74) is 9.30. The molecule has 0 aliphatic heterocycles. The topological polar surface area (TPSA) is 94.8 Å². The Morgan fingerprint density at radius 3 is 2.73 bits per heavy atom. The number of pyridine rings is 1. The fraction of sp³-hybridized carbons (Fsp3) is 0.462. The van der Waals surface area contributed by atoms with E-state index in [2.05, 4.69) is 11.1 Å². The molecule has 2 fully saturated rings. The lowest BCUT2D eigenvalue weighted by Gasteiger charge is -2.32. The van der Waals surface area contributed by atoms with E-state index < -0.39 is 0 Å². The second-order valence-electron chi connectivity index (χ2n) is 9.36. The van der Waals surface area contributed by atoms with Gasteiger partial charge in [0.15, 0.2) is 5.88 Å². The first-order valence-corrected chi connectivity index (χ1v) is 11.6. The van der Waals surface area contributed by atoms with Gasteiger partial charge in [-0.1, -0.05) is 25.3 Å². The van der Waals surface area contributed by atoms with E-state index >= 15 is 0 Å². The Hall–Kier alpha value is -3.24. The number of rotatable bonds is 8. The normalized spacial score (nSPS) is 22.3. The van der Waals surface area contributed by atoms with Crippen molar-refractivity contribution in [2.45, 2.75) is 44.1 Å². The molecule has 0 radical (unpaired) electrons. The third-order valence-electron chi connectivity index (χ3n) is 7.22. The molecule has 1 aromatic carbocycles. The van der Waals surface area contributed by atoms with Gasteiger partial charge in [-0.3, -0.25) is 4.40 Å². The predicted octanol–water partition coefficient (Wildman–Crippen LogP) is 4.57. The number of fused-ring (bicyclic) bond motifs is 1. The van der Waals surface area contributed by atoms with Crippen molar-refractivity contribution in [2.24, 2.45) is 17.6 Å². The summed E-state index contributed by atoms with van der Waals surface area (Å²) in [6, 6.07) is 11.7. The summed E-state index contributed by atoms with van der Waals surface area (Å²) < 4.78 is 19.4. The Labute approximate surface area is 194 Å². The summed E-state index contributed by atoms with van der Waals surface area (Å²) in [5.74, 6) is 2.92. The second-order valence-corrected chi connectivity index (χ2v) is 9.36. The van der Waals surface area contributed by atoms with E-state index in [9.17, 15) is 5.26 Å². The number of benzene rings is 1. The largest absolute Gasteiger partial charge is 0.495 e. The minimum atomic E-state index is -0.356. The zero-order valence-corrected chi connectivity index (χ0v) is 19.2. The van der Waals surface area contributed by atoms with Gasteiger partial charge in [0.1, 0.15) is 35.4 Å².